The summed E-state index contributed by atoms with van der Waals surface area (Å²) in [7, 11) is -2.91. The first kappa shape index (κ1) is 17.1. The first-order chi connectivity index (χ1) is 9.90. The number of esters is 1. The summed E-state index contributed by atoms with van der Waals surface area (Å²) in [5, 5.41) is 8.64. The number of sulfonamides is 1. The molecule has 2 N–H and O–H groups in total. The highest BCUT2D eigenvalue weighted by molar-refractivity contribution is 7.89. The number of rotatable bonds is 5. The lowest BCUT2D eigenvalue weighted by molar-refractivity contribution is -0.139. The minimum absolute atomic E-state index is 0.0548. The molecule has 0 aromatic heterocycles. The van der Waals surface area contributed by atoms with Gasteiger partial charge in [0.15, 0.2) is 0 Å². The SMILES string of the molecule is COC(=O)CNS(=O)(=O)c1ccc(F)cc1C#CCCO. The van der Waals surface area contributed by atoms with Crippen LogP contribution in [0.25, 0.3) is 0 Å². The highest BCUT2D eigenvalue weighted by atomic mass is 32.2. The molecule has 0 spiro atoms. The molecule has 0 amide bonds. The predicted octanol–water partition coefficient (Wildman–Crippen LogP) is 0.0109. The second-order valence-electron chi connectivity index (χ2n) is 3.82. The van der Waals surface area contributed by atoms with Gasteiger partial charge in [0, 0.05) is 12.0 Å². The van der Waals surface area contributed by atoms with E-state index in [9.17, 15) is 17.6 Å². The van der Waals surface area contributed by atoms with E-state index in [1.54, 1.807) is 0 Å². The monoisotopic (exact) mass is 315 g/mol. The molecule has 0 atom stereocenters. The summed E-state index contributed by atoms with van der Waals surface area (Å²) in [4.78, 5) is 10.7. The molecule has 114 valence electrons. The molecule has 1 aromatic carbocycles. The van der Waals surface area contributed by atoms with Gasteiger partial charge in [0.2, 0.25) is 10.0 Å². The Kier molecular flexibility index (Phi) is 6.30. The number of ether oxygens (including phenoxy) is 1. The van der Waals surface area contributed by atoms with Gasteiger partial charge in [-0.3, -0.25) is 4.79 Å². The van der Waals surface area contributed by atoms with Gasteiger partial charge >= 0.3 is 5.97 Å². The van der Waals surface area contributed by atoms with Gasteiger partial charge in [0.05, 0.1) is 18.6 Å². The maximum absolute atomic E-state index is 13.2. The van der Waals surface area contributed by atoms with E-state index in [-0.39, 0.29) is 23.5 Å². The first-order valence-corrected chi connectivity index (χ1v) is 7.35. The van der Waals surface area contributed by atoms with Crippen molar-refractivity contribution >= 4 is 16.0 Å². The average molecular weight is 315 g/mol. The molecule has 1 rings (SSSR count). The minimum Gasteiger partial charge on any atom is -0.468 e. The third kappa shape index (κ3) is 5.15. The second kappa shape index (κ2) is 7.73. The molecule has 1 aromatic rings. The number of carbonyl (C=O) groups excluding carboxylic acids is 1. The molecule has 0 aliphatic rings. The summed E-state index contributed by atoms with van der Waals surface area (Å²) in [6, 6.07) is 3.00. The quantitative estimate of drug-likeness (QED) is 0.590. The lowest BCUT2D eigenvalue weighted by atomic mass is 10.2. The molecular weight excluding hydrogens is 301 g/mol. The predicted molar refractivity (Wildman–Crippen MR) is 72.2 cm³/mol. The Morgan fingerprint density at radius 3 is 2.81 bits per heavy atom. The van der Waals surface area contributed by atoms with Gasteiger partial charge in [-0.25, -0.2) is 12.8 Å². The van der Waals surface area contributed by atoms with Crippen molar-refractivity contribution in [1.29, 1.82) is 0 Å². The van der Waals surface area contributed by atoms with E-state index < -0.39 is 28.4 Å². The normalized spacial score (nSPS) is 10.6. The van der Waals surface area contributed by atoms with Crippen LogP contribution in [0.5, 0.6) is 0 Å². The molecule has 0 radical (unpaired) electrons. The van der Waals surface area contributed by atoms with E-state index in [2.05, 4.69) is 16.6 Å². The number of aliphatic hydroxyl groups excluding tert-OH is 1. The molecule has 6 nitrogen and oxygen atoms in total. The van der Waals surface area contributed by atoms with E-state index >= 15 is 0 Å². The van der Waals surface area contributed by atoms with Gasteiger partial charge in [0.1, 0.15) is 12.4 Å². The molecule has 8 heteroatoms. The van der Waals surface area contributed by atoms with Crippen LogP contribution in [0.4, 0.5) is 4.39 Å². The van der Waals surface area contributed by atoms with Crippen molar-refractivity contribution in [2.45, 2.75) is 11.3 Å². The van der Waals surface area contributed by atoms with Crippen LogP contribution in [0.3, 0.4) is 0 Å². The van der Waals surface area contributed by atoms with Crippen molar-refractivity contribution < 1.29 is 27.4 Å². The van der Waals surface area contributed by atoms with Crippen LogP contribution >= 0.6 is 0 Å². The first-order valence-electron chi connectivity index (χ1n) is 5.86. The summed E-state index contributed by atoms with van der Waals surface area (Å²) < 4.78 is 43.7. The Hall–Kier alpha value is -1.95. The van der Waals surface area contributed by atoms with Crippen molar-refractivity contribution in [2.24, 2.45) is 0 Å². The molecule has 0 aliphatic heterocycles. The number of benzene rings is 1. The van der Waals surface area contributed by atoms with Crippen LogP contribution in [-0.4, -0.2) is 39.8 Å². The lowest BCUT2D eigenvalue weighted by Crippen LogP contribution is -2.30. The number of nitrogens with one attached hydrogen (secondary N) is 1. The van der Waals surface area contributed by atoms with E-state index in [0.717, 1.165) is 25.3 Å². The third-order valence-corrected chi connectivity index (χ3v) is 3.78. The third-order valence-electron chi connectivity index (χ3n) is 2.33. The molecule has 0 aliphatic carbocycles. The molecule has 0 heterocycles. The second-order valence-corrected chi connectivity index (χ2v) is 5.55. The van der Waals surface area contributed by atoms with Crippen molar-refractivity contribution in [2.75, 3.05) is 20.3 Å². The number of aliphatic hydroxyl groups is 1. The number of carbonyl (C=O) groups is 1. The fraction of sp³-hybridized carbons (Fsp3) is 0.308. The van der Waals surface area contributed by atoms with Crippen LogP contribution < -0.4 is 4.72 Å². The average Bonchev–Trinajstić information content (AvgIpc) is 2.45. The molecule has 21 heavy (non-hydrogen) atoms. The topological polar surface area (TPSA) is 92.7 Å². The number of hydrogen-bond donors (Lipinski definition) is 2. The van der Waals surface area contributed by atoms with Gasteiger partial charge in [0.25, 0.3) is 0 Å². The fourth-order valence-corrected chi connectivity index (χ4v) is 2.46. The van der Waals surface area contributed by atoms with Gasteiger partial charge in [-0.2, -0.15) is 4.72 Å². The van der Waals surface area contributed by atoms with E-state index in [4.69, 9.17) is 5.11 Å². The largest absolute Gasteiger partial charge is 0.468 e. The molecule has 0 fully saturated rings. The smallest absolute Gasteiger partial charge is 0.320 e. The fourth-order valence-electron chi connectivity index (χ4n) is 1.35. The van der Waals surface area contributed by atoms with Gasteiger partial charge in [-0.1, -0.05) is 11.8 Å². The zero-order chi connectivity index (χ0) is 15.9. The van der Waals surface area contributed by atoms with Gasteiger partial charge in [-0.15, -0.1) is 0 Å². The van der Waals surface area contributed by atoms with Crippen LogP contribution in [0, 0.1) is 17.7 Å². The molecular formula is C13H14FNO5S. The summed E-state index contributed by atoms with van der Waals surface area (Å²) in [5.74, 6) is 3.59. The van der Waals surface area contributed by atoms with E-state index in [1.165, 1.54) is 0 Å². The van der Waals surface area contributed by atoms with Crippen molar-refractivity contribution in [3.63, 3.8) is 0 Å². The number of methoxy groups -OCH3 is 1. The van der Waals surface area contributed by atoms with E-state index in [1.807, 2.05) is 4.72 Å². The Balaban J connectivity index is 3.11. The Labute approximate surface area is 122 Å². The Morgan fingerprint density at radius 2 is 2.19 bits per heavy atom. The zero-order valence-electron chi connectivity index (χ0n) is 11.2. The summed E-state index contributed by atoms with van der Waals surface area (Å²) in [6.45, 7) is -0.731. The van der Waals surface area contributed by atoms with E-state index in [0.29, 0.717) is 0 Å². The maximum atomic E-state index is 13.2. The van der Waals surface area contributed by atoms with Crippen molar-refractivity contribution in [1.82, 2.24) is 4.72 Å². The zero-order valence-corrected chi connectivity index (χ0v) is 12.0. The summed E-state index contributed by atoms with van der Waals surface area (Å²) >= 11 is 0. The van der Waals surface area contributed by atoms with Crippen LogP contribution in [0.15, 0.2) is 23.1 Å². The van der Waals surface area contributed by atoms with Crippen LogP contribution in [-0.2, 0) is 19.6 Å². The number of hydrogen-bond acceptors (Lipinski definition) is 5. The summed E-state index contributed by atoms with van der Waals surface area (Å²) in [5.41, 5.74) is -0.0548. The standard InChI is InChI=1S/C13H14FNO5S/c1-20-13(17)9-15-21(18,19)12-6-5-11(14)8-10(12)4-2-3-7-16/h5-6,8,15-16H,3,7,9H2,1H3. The number of halogens is 1. The van der Waals surface area contributed by atoms with Gasteiger partial charge in [-0.05, 0) is 18.2 Å². The lowest BCUT2D eigenvalue weighted by Gasteiger charge is -2.08. The van der Waals surface area contributed by atoms with Crippen molar-refractivity contribution in [3.05, 3.63) is 29.6 Å². The Morgan fingerprint density at radius 1 is 1.48 bits per heavy atom. The highest BCUT2D eigenvalue weighted by Gasteiger charge is 2.19. The van der Waals surface area contributed by atoms with Crippen LogP contribution in [0.1, 0.15) is 12.0 Å². The Bertz CT molecular complexity index is 676. The maximum Gasteiger partial charge on any atom is 0.320 e. The molecule has 0 bridgehead atoms. The molecule has 0 saturated heterocycles. The molecule has 0 saturated carbocycles. The van der Waals surface area contributed by atoms with Crippen LogP contribution in [0.2, 0.25) is 0 Å². The minimum atomic E-state index is -4.03. The summed E-state index contributed by atoms with van der Waals surface area (Å²) in [6.07, 6.45) is 0.131. The molecule has 0 unspecified atom stereocenters. The van der Waals surface area contributed by atoms with Crippen molar-refractivity contribution in [3.8, 4) is 11.8 Å². The van der Waals surface area contributed by atoms with Gasteiger partial charge < -0.3 is 9.84 Å². The highest BCUT2D eigenvalue weighted by Crippen LogP contribution is 2.16.